The summed E-state index contributed by atoms with van der Waals surface area (Å²) >= 11 is 0. The summed E-state index contributed by atoms with van der Waals surface area (Å²) in [5, 5.41) is 11.2. The fraction of sp³-hybridized carbons (Fsp3) is 0.333. The lowest BCUT2D eigenvalue weighted by Crippen LogP contribution is -2.35. The van der Waals surface area contributed by atoms with Gasteiger partial charge in [-0.3, -0.25) is 14.9 Å². The second-order valence-electron chi connectivity index (χ2n) is 5.94. The lowest BCUT2D eigenvalue weighted by Gasteiger charge is -2.23. The Morgan fingerprint density at radius 3 is 2.73 bits per heavy atom. The predicted molar refractivity (Wildman–Crippen MR) is 96.6 cm³/mol. The number of aromatic nitrogens is 1. The molecular weight excluding hydrogens is 336 g/mol. The number of anilines is 1. The zero-order chi connectivity index (χ0) is 18.5. The first kappa shape index (κ1) is 17.7. The van der Waals surface area contributed by atoms with Crippen LogP contribution in [-0.2, 0) is 0 Å². The van der Waals surface area contributed by atoms with Crippen LogP contribution in [0.1, 0.15) is 16.8 Å². The average Bonchev–Trinajstić information content (AvgIpc) is 2.93. The first-order chi connectivity index (χ1) is 12.6. The number of hydrogen-bond acceptors (Lipinski definition) is 6. The van der Waals surface area contributed by atoms with Crippen LogP contribution in [0, 0.1) is 10.1 Å². The second-order valence-corrected chi connectivity index (χ2v) is 5.94. The first-order valence-corrected chi connectivity index (χ1v) is 8.38. The van der Waals surface area contributed by atoms with Gasteiger partial charge in [0.1, 0.15) is 5.75 Å². The van der Waals surface area contributed by atoms with E-state index in [1.54, 1.807) is 35.4 Å². The van der Waals surface area contributed by atoms with Crippen molar-refractivity contribution in [2.45, 2.75) is 6.42 Å². The summed E-state index contributed by atoms with van der Waals surface area (Å²) in [5.41, 5.74) is 0.504. The topological polar surface area (TPSA) is 88.8 Å². The van der Waals surface area contributed by atoms with Crippen LogP contribution >= 0.6 is 0 Å². The van der Waals surface area contributed by atoms with Crippen molar-refractivity contribution in [2.75, 3.05) is 38.2 Å². The molecule has 1 aliphatic rings. The number of amides is 1. The normalized spacial score (nSPS) is 14.7. The molecule has 8 nitrogen and oxygen atoms in total. The molecule has 0 bridgehead atoms. The zero-order valence-corrected chi connectivity index (χ0v) is 14.5. The van der Waals surface area contributed by atoms with Crippen LogP contribution in [0.4, 0.5) is 11.5 Å². The number of pyridine rings is 1. The van der Waals surface area contributed by atoms with Gasteiger partial charge in [-0.25, -0.2) is 4.98 Å². The predicted octanol–water partition coefficient (Wildman–Crippen LogP) is 2.35. The zero-order valence-electron chi connectivity index (χ0n) is 14.5. The van der Waals surface area contributed by atoms with E-state index in [0.29, 0.717) is 49.7 Å². The van der Waals surface area contributed by atoms with E-state index >= 15 is 0 Å². The Kier molecular flexibility index (Phi) is 5.31. The van der Waals surface area contributed by atoms with E-state index in [9.17, 15) is 14.9 Å². The van der Waals surface area contributed by atoms with Crippen LogP contribution in [0.2, 0.25) is 0 Å². The average molecular weight is 356 g/mol. The smallest absolute Gasteiger partial charge is 0.311 e. The molecule has 0 unspecified atom stereocenters. The highest BCUT2D eigenvalue weighted by Gasteiger charge is 2.26. The van der Waals surface area contributed by atoms with Crippen molar-refractivity contribution in [1.82, 2.24) is 9.88 Å². The third-order valence-electron chi connectivity index (χ3n) is 4.38. The molecule has 0 atom stereocenters. The standard InChI is InChI=1S/C18H20N4O4/c1-26-16-8-3-2-6-14(16)18(23)21-11-5-10-20(12-13-21)17-15(22(24)25)7-4-9-19-17/h2-4,6-9H,5,10-13H2,1H3. The van der Waals surface area contributed by atoms with Gasteiger partial charge in [0.05, 0.1) is 17.6 Å². The SMILES string of the molecule is COc1ccccc1C(=O)N1CCCN(c2ncccc2[N+](=O)[O-])CC1. The highest BCUT2D eigenvalue weighted by Crippen LogP contribution is 2.26. The summed E-state index contributed by atoms with van der Waals surface area (Å²) < 4.78 is 5.28. The van der Waals surface area contributed by atoms with E-state index in [1.165, 1.54) is 13.2 Å². The number of para-hydroxylation sites is 1. The fourth-order valence-corrected chi connectivity index (χ4v) is 3.10. The molecule has 1 amide bonds. The number of carbonyl (C=O) groups is 1. The molecule has 1 fully saturated rings. The molecule has 3 rings (SSSR count). The Morgan fingerprint density at radius 1 is 1.15 bits per heavy atom. The maximum Gasteiger partial charge on any atom is 0.311 e. The molecule has 1 aromatic carbocycles. The third kappa shape index (κ3) is 3.58. The largest absolute Gasteiger partial charge is 0.496 e. The molecule has 2 aromatic rings. The van der Waals surface area contributed by atoms with Gasteiger partial charge in [-0.2, -0.15) is 0 Å². The van der Waals surface area contributed by atoms with Gasteiger partial charge in [-0.15, -0.1) is 0 Å². The Hall–Kier alpha value is -3.16. The van der Waals surface area contributed by atoms with Crippen LogP contribution in [0.25, 0.3) is 0 Å². The molecule has 0 radical (unpaired) electrons. The van der Waals surface area contributed by atoms with E-state index in [2.05, 4.69) is 4.98 Å². The highest BCUT2D eigenvalue weighted by molar-refractivity contribution is 5.97. The highest BCUT2D eigenvalue weighted by atomic mass is 16.6. The van der Waals surface area contributed by atoms with E-state index in [1.807, 2.05) is 11.0 Å². The molecule has 8 heteroatoms. The van der Waals surface area contributed by atoms with Crippen LogP contribution in [0.3, 0.4) is 0 Å². The minimum absolute atomic E-state index is 0.0167. The number of hydrogen-bond donors (Lipinski definition) is 0. The summed E-state index contributed by atoms with van der Waals surface area (Å²) in [6, 6.07) is 10.1. The Labute approximate surface area is 151 Å². The van der Waals surface area contributed by atoms with E-state index in [0.717, 1.165) is 0 Å². The van der Waals surface area contributed by atoms with Crippen LogP contribution in [-0.4, -0.2) is 54.0 Å². The maximum absolute atomic E-state index is 12.9. The summed E-state index contributed by atoms with van der Waals surface area (Å²) in [4.78, 5) is 31.5. The van der Waals surface area contributed by atoms with Gasteiger partial charge in [0.25, 0.3) is 5.91 Å². The molecule has 26 heavy (non-hydrogen) atoms. The van der Waals surface area contributed by atoms with E-state index in [-0.39, 0.29) is 11.6 Å². The quantitative estimate of drug-likeness (QED) is 0.617. The molecule has 1 aromatic heterocycles. The first-order valence-electron chi connectivity index (χ1n) is 8.38. The minimum Gasteiger partial charge on any atom is -0.496 e. The number of ether oxygens (including phenoxy) is 1. The lowest BCUT2D eigenvalue weighted by atomic mass is 10.1. The summed E-state index contributed by atoms with van der Waals surface area (Å²) in [6.45, 7) is 2.13. The summed E-state index contributed by atoms with van der Waals surface area (Å²) in [5.74, 6) is 0.794. The van der Waals surface area contributed by atoms with Crippen molar-refractivity contribution < 1.29 is 14.5 Å². The molecule has 136 valence electrons. The van der Waals surface area contributed by atoms with Gasteiger partial charge < -0.3 is 14.5 Å². The van der Waals surface area contributed by atoms with Crippen molar-refractivity contribution in [1.29, 1.82) is 0 Å². The van der Waals surface area contributed by atoms with E-state index in [4.69, 9.17) is 4.74 Å². The number of nitro groups is 1. The Balaban J connectivity index is 1.77. The van der Waals surface area contributed by atoms with Gasteiger partial charge in [0.2, 0.25) is 5.82 Å². The van der Waals surface area contributed by atoms with Crippen molar-refractivity contribution in [3.05, 3.63) is 58.3 Å². The second kappa shape index (κ2) is 7.81. The number of nitrogens with zero attached hydrogens (tertiary/aromatic N) is 4. The minimum atomic E-state index is -0.426. The number of benzene rings is 1. The molecule has 1 saturated heterocycles. The molecule has 0 spiro atoms. The Bertz CT molecular complexity index is 811. The van der Waals surface area contributed by atoms with Crippen molar-refractivity contribution in [2.24, 2.45) is 0 Å². The van der Waals surface area contributed by atoms with Gasteiger partial charge in [0, 0.05) is 38.4 Å². The van der Waals surface area contributed by atoms with Gasteiger partial charge in [-0.1, -0.05) is 12.1 Å². The maximum atomic E-state index is 12.9. The monoisotopic (exact) mass is 356 g/mol. The van der Waals surface area contributed by atoms with Crippen molar-refractivity contribution in [3.8, 4) is 5.75 Å². The van der Waals surface area contributed by atoms with Crippen LogP contribution < -0.4 is 9.64 Å². The van der Waals surface area contributed by atoms with Gasteiger partial charge >= 0.3 is 5.69 Å². The summed E-state index contributed by atoms with van der Waals surface area (Å²) in [6.07, 6.45) is 2.25. The van der Waals surface area contributed by atoms with E-state index < -0.39 is 4.92 Å². The number of carbonyl (C=O) groups excluding carboxylic acids is 1. The van der Waals surface area contributed by atoms with Crippen molar-refractivity contribution in [3.63, 3.8) is 0 Å². The molecule has 0 saturated carbocycles. The number of rotatable bonds is 4. The molecular formula is C18H20N4O4. The molecule has 1 aliphatic heterocycles. The molecule has 2 heterocycles. The lowest BCUT2D eigenvalue weighted by molar-refractivity contribution is -0.384. The Morgan fingerprint density at radius 2 is 1.96 bits per heavy atom. The van der Waals surface area contributed by atoms with Crippen molar-refractivity contribution >= 4 is 17.4 Å². The number of methoxy groups -OCH3 is 1. The van der Waals surface area contributed by atoms with Crippen LogP contribution in [0.5, 0.6) is 5.75 Å². The summed E-state index contributed by atoms with van der Waals surface area (Å²) in [7, 11) is 1.54. The fourth-order valence-electron chi connectivity index (χ4n) is 3.10. The van der Waals surface area contributed by atoms with Gasteiger partial charge in [-0.05, 0) is 24.6 Å². The van der Waals surface area contributed by atoms with Crippen LogP contribution in [0.15, 0.2) is 42.6 Å². The molecule has 0 aliphatic carbocycles. The van der Waals surface area contributed by atoms with Gasteiger partial charge in [0.15, 0.2) is 0 Å². The molecule has 0 N–H and O–H groups in total. The third-order valence-corrected chi connectivity index (χ3v) is 4.38.